The van der Waals surface area contributed by atoms with E-state index in [2.05, 4.69) is 4.98 Å². The molecule has 0 saturated carbocycles. The van der Waals surface area contributed by atoms with Crippen LogP contribution in [0.3, 0.4) is 0 Å². The minimum atomic E-state index is -5.00. The van der Waals surface area contributed by atoms with E-state index in [0.717, 1.165) is 16.8 Å². The van der Waals surface area contributed by atoms with Crippen LogP contribution >= 0.6 is 0 Å². The summed E-state index contributed by atoms with van der Waals surface area (Å²) in [6.07, 6.45) is -8.42. The van der Waals surface area contributed by atoms with Crippen LogP contribution in [-0.2, 0) is 21.9 Å². The van der Waals surface area contributed by atoms with Crippen molar-refractivity contribution in [1.82, 2.24) is 9.88 Å². The zero-order valence-electron chi connectivity index (χ0n) is 21.9. The molecule has 0 spiro atoms. The molecule has 4 nitrogen and oxygen atoms in total. The molecule has 0 N–H and O–H groups in total. The molecule has 2 aromatic carbocycles. The molecule has 1 fully saturated rings. The summed E-state index contributed by atoms with van der Waals surface area (Å²) in [7, 11) is 0. The molecule has 41 heavy (non-hydrogen) atoms. The topological polar surface area (TPSA) is 42.4 Å². The first-order valence-electron chi connectivity index (χ1n) is 12.8. The molecule has 11 heteroatoms. The maximum absolute atomic E-state index is 13.8. The number of hydrogen-bond donors (Lipinski definition) is 0. The number of amides is 1. The number of halogens is 7. The van der Waals surface area contributed by atoms with Gasteiger partial charge in [-0.2, -0.15) is 26.3 Å². The highest BCUT2D eigenvalue weighted by Gasteiger charge is 2.48. The molecule has 2 aliphatic rings. The van der Waals surface area contributed by atoms with Crippen LogP contribution in [0, 0.1) is 12.7 Å². The summed E-state index contributed by atoms with van der Waals surface area (Å²) in [5, 5.41) is 0. The Morgan fingerprint density at radius 3 is 2.17 bits per heavy atom. The molecule has 0 bridgehead atoms. The average Bonchev–Trinajstić information content (AvgIpc) is 3.26. The maximum atomic E-state index is 13.8. The Morgan fingerprint density at radius 1 is 0.951 bits per heavy atom. The second-order valence-corrected chi connectivity index (χ2v) is 10.4. The SMILES string of the molecule is Cc1cc(C2=CC(=O)N3C[C@H](O[C@H](C)c4cc(C(F)(F)F)cc(C(F)(F)F)c4)[C@@H](c4ccc(F)cc4)C3C2)ccn1. The van der Waals surface area contributed by atoms with Crippen LogP contribution in [0.5, 0.6) is 0 Å². The summed E-state index contributed by atoms with van der Waals surface area (Å²) < 4.78 is 101. The average molecular weight is 579 g/mol. The van der Waals surface area contributed by atoms with E-state index in [4.69, 9.17) is 4.74 Å². The summed E-state index contributed by atoms with van der Waals surface area (Å²) in [6.45, 7) is 3.25. The number of ether oxygens (including phenoxy) is 1. The van der Waals surface area contributed by atoms with Gasteiger partial charge in [0.25, 0.3) is 0 Å². The summed E-state index contributed by atoms with van der Waals surface area (Å²) in [4.78, 5) is 19.0. The van der Waals surface area contributed by atoms with Gasteiger partial charge in [0.2, 0.25) is 5.91 Å². The van der Waals surface area contributed by atoms with Crippen LogP contribution in [-0.4, -0.2) is 34.5 Å². The van der Waals surface area contributed by atoms with Crippen LogP contribution < -0.4 is 0 Å². The van der Waals surface area contributed by atoms with Gasteiger partial charge in [0, 0.05) is 36.5 Å². The summed E-state index contributed by atoms with van der Waals surface area (Å²) in [5.41, 5.74) is -0.209. The third-order valence-corrected chi connectivity index (χ3v) is 7.58. The maximum Gasteiger partial charge on any atom is 0.416 e. The molecule has 3 aromatic rings. The van der Waals surface area contributed by atoms with Crippen LogP contribution in [0.2, 0.25) is 0 Å². The molecule has 1 unspecified atom stereocenters. The lowest BCUT2D eigenvalue weighted by atomic mass is 9.83. The monoisotopic (exact) mass is 578 g/mol. The summed E-state index contributed by atoms with van der Waals surface area (Å²) >= 11 is 0. The minimum absolute atomic E-state index is 0.0557. The van der Waals surface area contributed by atoms with E-state index in [1.54, 1.807) is 29.3 Å². The summed E-state index contributed by atoms with van der Waals surface area (Å²) in [6, 6.07) is 10.2. The second-order valence-electron chi connectivity index (χ2n) is 10.4. The highest BCUT2D eigenvalue weighted by atomic mass is 19.4. The van der Waals surface area contributed by atoms with Crippen molar-refractivity contribution in [3.63, 3.8) is 0 Å². The molecular weight excluding hydrogens is 553 g/mol. The molecule has 216 valence electrons. The minimum Gasteiger partial charge on any atom is -0.368 e. The Kier molecular flexibility index (Phi) is 7.44. The lowest BCUT2D eigenvalue weighted by Gasteiger charge is -2.33. The first-order valence-corrected chi connectivity index (χ1v) is 12.8. The lowest BCUT2D eigenvalue weighted by molar-refractivity contribution is -0.143. The van der Waals surface area contributed by atoms with Gasteiger partial charge in [0.1, 0.15) is 5.82 Å². The van der Waals surface area contributed by atoms with Crippen molar-refractivity contribution in [3.8, 4) is 0 Å². The first kappa shape index (κ1) is 28.8. The molecule has 4 atom stereocenters. The Labute approximate surface area is 231 Å². The van der Waals surface area contributed by atoms with Gasteiger partial charge in [-0.05, 0) is 85.0 Å². The molecule has 1 aromatic heterocycles. The van der Waals surface area contributed by atoms with Gasteiger partial charge in [-0.3, -0.25) is 9.78 Å². The molecule has 1 amide bonds. The molecule has 2 aliphatic heterocycles. The van der Waals surface area contributed by atoms with Crippen molar-refractivity contribution in [2.45, 2.75) is 56.8 Å². The van der Waals surface area contributed by atoms with E-state index in [1.165, 1.54) is 25.1 Å². The zero-order valence-corrected chi connectivity index (χ0v) is 21.9. The smallest absolute Gasteiger partial charge is 0.368 e. The molecule has 1 saturated heterocycles. The molecular formula is C30H25F7N2O2. The number of fused-ring (bicyclic) bond motifs is 1. The quantitative estimate of drug-likeness (QED) is 0.295. The molecule has 0 radical (unpaired) electrons. The van der Waals surface area contributed by atoms with Crippen molar-refractivity contribution in [3.05, 3.63) is 106 Å². The third kappa shape index (κ3) is 6.00. The molecule has 5 rings (SSSR count). The largest absolute Gasteiger partial charge is 0.416 e. The van der Waals surface area contributed by atoms with E-state index in [9.17, 15) is 35.5 Å². The number of hydrogen-bond acceptors (Lipinski definition) is 3. The van der Waals surface area contributed by atoms with Gasteiger partial charge >= 0.3 is 12.4 Å². The number of aromatic nitrogens is 1. The van der Waals surface area contributed by atoms with Crippen molar-refractivity contribution in [2.24, 2.45) is 0 Å². The number of nitrogens with zero attached hydrogens (tertiary/aromatic N) is 2. The van der Waals surface area contributed by atoms with E-state index < -0.39 is 53.5 Å². The zero-order chi connectivity index (χ0) is 29.7. The number of carbonyl (C=O) groups is 1. The number of pyridine rings is 1. The van der Waals surface area contributed by atoms with Gasteiger partial charge in [-0.1, -0.05) is 12.1 Å². The van der Waals surface area contributed by atoms with Gasteiger partial charge in [0.05, 0.1) is 23.3 Å². The number of carbonyl (C=O) groups excluding carboxylic acids is 1. The summed E-state index contributed by atoms with van der Waals surface area (Å²) in [5.74, 6) is -1.30. The standard InChI is InChI=1S/C30H25F7N2O2/c1-16-9-19(7-8-38-16)21-12-25-28(18-3-5-24(31)6-4-18)26(15-39(25)27(40)13-21)41-17(2)20-10-22(29(32,33)34)14-23(11-20)30(35,36)37/h3-11,13-14,17,25-26,28H,12,15H2,1-2H3/t17-,25?,26+,28+/m1/s1. The Morgan fingerprint density at radius 2 is 1.59 bits per heavy atom. The van der Waals surface area contributed by atoms with Crippen LogP contribution in [0.25, 0.3) is 5.57 Å². The predicted molar refractivity (Wildman–Crippen MR) is 136 cm³/mol. The second kappa shape index (κ2) is 10.6. The van der Waals surface area contributed by atoms with Crippen LogP contribution in [0.1, 0.15) is 58.9 Å². The van der Waals surface area contributed by atoms with Gasteiger partial charge in [-0.25, -0.2) is 4.39 Å². The highest BCUT2D eigenvalue weighted by molar-refractivity contribution is 5.98. The van der Waals surface area contributed by atoms with Gasteiger partial charge in [0.15, 0.2) is 0 Å². The van der Waals surface area contributed by atoms with Gasteiger partial charge < -0.3 is 9.64 Å². The van der Waals surface area contributed by atoms with Gasteiger partial charge in [-0.15, -0.1) is 0 Å². The lowest BCUT2D eigenvalue weighted by Crippen LogP contribution is -2.39. The molecule has 3 heterocycles. The van der Waals surface area contributed by atoms with E-state index in [-0.39, 0.29) is 24.1 Å². The van der Waals surface area contributed by atoms with E-state index in [0.29, 0.717) is 24.1 Å². The Balaban J connectivity index is 1.50. The van der Waals surface area contributed by atoms with Crippen LogP contribution in [0.15, 0.2) is 66.9 Å². The number of aryl methyl sites for hydroxylation is 1. The van der Waals surface area contributed by atoms with Crippen molar-refractivity contribution in [2.75, 3.05) is 6.54 Å². The number of benzene rings is 2. The van der Waals surface area contributed by atoms with E-state index in [1.807, 2.05) is 13.0 Å². The van der Waals surface area contributed by atoms with Crippen molar-refractivity contribution >= 4 is 11.5 Å². The Bertz CT molecular complexity index is 1450. The number of rotatable bonds is 5. The molecule has 0 aliphatic carbocycles. The van der Waals surface area contributed by atoms with Crippen molar-refractivity contribution < 1.29 is 40.3 Å². The normalized spacial score (nSPS) is 22.0. The number of alkyl halides is 6. The van der Waals surface area contributed by atoms with Crippen LogP contribution in [0.4, 0.5) is 30.7 Å². The van der Waals surface area contributed by atoms with E-state index >= 15 is 0 Å². The fraction of sp³-hybridized carbons (Fsp3) is 0.333. The fourth-order valence-electron chi connectivity index (χ4n) is 5.64. The van der Waals surface area contributed by atoms with Crippen molar-refractivity contribution in [1.29, 1.82) is 0 Å². The predicted octanol–water partition coefficient (Wildman–Crippen LogP) is 7.49. The fourth-order valence-corrected chi connectivity index (χ4v) is 5.64. The first-order chi connectivity index (χ1) is 19.2. The Hall–Kier alpha value is -3.73. The highest BCUT2D eigenvalue weighted by Crippen LogP contribution is 2.45. The third-order valence-electron chi connectivity index (χ3n) is 7.58.